The first kappa shape index (κ1) is 15.0. The summed E-state index contributed by atoms with van der Waals surface area (Å²) in [5.74, 6) is -0.0667. The number of halogens is 1. The molecule has 0 aliphatic rings. The number of anilines is 1. The van der Waals surface area contributed by atoms with Gasteiger partial charge in [0.25, 0.3) is 0 Å². The van der Waals surface area contributed by atoms with Crippen LogP contribution in [0.4, 0.5) is 9.52 Å². The maximum Gasteiger partial charge on any atom is 0.206 e. The monoisotopic (exact) mass is 311 g/mol. The van der Waals surface area contributed by atoms with Gasteiger partial charge in [0.05, 0.1) is 6.10 Å². The highest BCUT2D eigenvalue weighted by Crippen LogP contribution is 2.29. The number of hydrogen-bond donors (Lipinski definition) is 2. The molecule has 0 bridgehead atoms. The summed E-state index contributed by atoms with van der Waals surface area (Å²) in [6, 6.07) is 6.22. The van der Waals surface area contributed by atoms with Crippen molar-refractivity contribution in [3.8, 4) is 0 Å². The summed E-state index contributed by atoms with van der Waals surface area (Å²) in [6.07, 6.45) is 0.866. The van der Waals surface area contributed by atoms with E-state index >= 15 is 0 Å². The summed E-state index contributed by atoms with van der Waals surface area (Å²) in [5, 5.41) is 21.7. The summed E-state index contributed by atoms with van der Waals surface area (Å²) >= 11 is 2.74. The molecule has 1 atom stereocenters. The quantitative estimate of drug-likeness (QED) is 0.608. The maximum absolute atomic E-state index is 13.5. The van der Waals surface area contributed by atoms with Crippen molar-refractivity contribution in [2.45, 2.75) is 10.4 Å². The average Bonchev–Trinajstić information content (AvgIpc) is 2.91. The molecular formula is C13H14FN3OS2. The van der Waals surface area contributed by atoms with Crippen LogP contribution in [0.2, 0.25) is 0 Å². The third-order valence-corrected chi connectivity index (χ3v) is 4.52. The van der Waals surface area contributed by atoms with Gasteiger partial charge in [-0.3, -0.25) is 0 Å². The van der Waals surface area contributed by atoms with Crippen molar-refractivity contribution in [1.29, 1.82) is 0 Å². The molecule has 0 aliphatic heterocycles. The molecule has 1 aromatic carbocycles. The van der Waals surface area contributed by atoms with Crippen molar-refractivity contribution in [2.75, 3.05) is 17.6 Å². The van der Waals surface area contributed by atoms with Gasteiger partial charge in [0, 0.05) is 17.9 Å². The summed E-state index contributed by atoms with van der Waals surface area (Å²) in [5.41, 5.74) is 0.300. The average molecular weight is 311 g/mol. The van der Waals surface area contributed by atoms with Crippen LogP contribution in [-0.4, -0.2) is 27.6 Å². The molecule has 20 heavy (non-hydrogen) atoms. The van der Waals surface area contributed by atoms with Crippen molar-refractivity contribution >= 4 is 28.2 Å². The number of aliphatic hydroxyl groups is 1. The summed E-state index contributed by atoms with van der Waals surface area (Å²) in [7, 11) is 0. The molecule has 7 heteroatoms. The third-order valence-electron chi connectivity index (χ3n) is 2.43. The van der Waals surface area contributed by atoms with Crippen molar-refractivity contribution in [3.63, 3.8) is 0 Å². The van der Waals surface area contributed by atoms with E-state index in [0.29, 0.717) is 23.0 Å². The number of rotatable bonds is 7. The van der Waals surface area contributed by atoms with Crippen LogP contribution in [0, 0.1) is 5.82 Å². The van der Waals surface area contributed by atoms with Crippen LogP contribution >= 0.6 is 23.1 Å². The predicted octanol–water partition coefficient (Wildman–Crippen LogP) is 3.10. The van der Waals surface area contributed by atoms with Crippen LogP contribution in [0.25, 0.3) is 0 Å². The molecule has 1 unspecified atom stereocenters. The first-order valence-corrected chi connectivity index (χ1v) is 7.74. The van der Waals surface area contributed by atoms with Gasteiger partial charge in [0.2, 0.25) is 5.13 Å². The van der Waals surface area contributed by atoms with E-state index in [1.807, 2.05) is 0 Å². The van der Waals surface area contributed by atoms with Gasteiger partial charge in [-0.1, -0.05) is 47.4 Å². The van der Waals surface area contributed by atoms with E-state index in [4.69, 9.17) is 0 Å². The van der Waals surface area contributed by atoms with Crippen LogP contribution in [-0.2, 0) is 0 Å². The van der Waals surface area contributed by atoms with Gasteiger partial charge in [0.1, 0.15) is 5.82 Å². The number of hydrogen-bond acceptors (Lipinski definition) is 6. The highest BCUT2D eigenvalue weighted by molar-refractivity contribution is 8.01. The number of nitrogens with zero attached hydrogens (tertiary/aromatic N) is 2. The lowest BCUT2D eigenvalue weighted by Crippen LogP contribution is -2.03. The predicted molar refractivity (Wildman–Crippen MR) is 80.7 cm³/mol. The Labute approximate surface area is 124 Å². The minimum absolute atomic E-state index is 0.300. The summed E-state index contributed by atoms with van der Waals surface area (Å²) < 4.78 is 14.2. The van der Waals surface area contributed by atoms with E-state index in [-0.39, 0.29) is 0 Å². The van der Waals surface area contributed by atoms with Crippen molar-refractivity contribution in [1.82, 2.24) is 10.2 Å². The van der Waals surface area contributed by atoms with E-state index in [2.05, 4.69) is 22.1 Å². The molecular weight excluding hydrogens is 297 g/mol. The molecule has 2 rings (SSSR count). The van der Waals surface area contributed by atoms with E-state index in [1.165, 1.54) is 29.2 Å². The molecule has 1 aromatic heterocycles. The van der Waals surface area contributed by atoms with Gasteiger partial charge in [-0.15, -0.1) is 16.8 Å². The molecule has 0 saturated heterocycles. The van der Waals surface area contributed by atoms with Crippen LogP contribution in [0.3, 0.4) is 0 Å². The van der Waals surface area contributed by atoms with E-state index in [0.717, 1.165) is 4.34 Å². The Morgan fingerprint density at radius 1 is 1.45 bits per heavy atom. The fourth-order valence-electron chi connectivity index (χ4n) is 1.48. The van der Waals surface area contributed by atoms with Crippen molar-refractivity contribution in [3.05, 3.63) is 48.3 Å². The second-order valence-electron chi connectivity index (χ2n) is 3.89. The van der Waals surface area contributed by atoms with Gasteiger partial charge in [-0.2, -0.15) is 0 Å². The number of benzene rings is 1. The van der Waals surface area contributed by atoms with Gasteiger partial charge in [-0.25, -0.2) is 4.39 Å². The molecule has 2 aromatic rings. The Morgan fingerprint density at radius 3 is 3.00 bits per heavy atom. The molecule has 0 fully saturated rings. The highest BCUT2D eigenvalue weighted by atomic mass is 32.2. The topological polar surface area (TPSA) is 58.0 Å². The van der Waals surface area contributed by atoms with Gasteiger partial charge in [0.15, 0.2) is 4.34 Å². The number of thioether (sulfide) groups is 1. The molecule has 0 aliphatic carbocycles. The standard InChI is InChI=1S/C13H14FN3OS2/c1-2-7-15-12-16-17-13(20-12)19-8-11(18)9-5-3-4-6-10(9)14/h2-6,11,18H,1,7-8H2,(H,15,16). The Balaban J connectivity index is 1.90. The third kappa shape index (κ3) is 4.03. The normalized spacial score (nSPS) is 12.1. The molecule has 1 heterocycles. The lowest BCUT2D eigenvalue weighted by Gasteiger charge is -2.09. The molecule has 0 amide bonds. The highest BCUT2D eigenvalue weighted by Gasteiger charge is 2.14. The smallest absolute Gasteiger partial charge is 0.206 e. The fraction of sp³-hybridized carbons (Fsp3) is 0.231. The second kappa shape index (κ2) is 7.37. The molecule has 0 spiro atoms. The van der Waals surface area contributed by atoms with Crippen LogP contribution in [0.15, 0.2) is 41.3 Å². The Morgan fingerprint density at radius 2 is 2.25 bits per heavy atom. The summed E-state index contributed by atoms with van der Waals surface area (Å²) in [4.78, 5) is 0. The van der Waals surface area contributed by atoms with E-state index in [1.54, 1.807) is 24.3 Å². The Bertz CT molecular complexity index is 576. The molecule has 2 N–H and O–H groups in total. The number of nitrogens with one attached hydrogen (secondary N) is 1. The number of aliphatic hydroxyl groups excluding tert-OH is 1. The largest absolute Gasteiger partial charge is 0.387 e. The van der Waals surface area contributed by atoms with Crippen molar-refractivity contribution < 1.29 is 9.50 Å². The Hall–Kier alpha value is -1.44. The van der Waals surface area contributed by atoms with E-state index < -0.39 is 11.9 Å². The van der Waals surface area contributed by atoms with Crippen LogP contribution in [0.1, 0.15) is 11.7 Å². The Kier molecular flexibility index (Phi) is 5.51. The second-order valence-corrected chi connectivity index (χ2v) is 6.14. The van der Waals surface area contributed by atoms with E-state index in [9.17, 15) is 9.50 Å². The number of aromatic nitrogens is 2. The molecule has 0 radical (unpaired) electrons. The molecule has 106 valence electrons. The summed E-state index contributed by atoms with van der Waals surface area (Å²) in [6.45, 7) is 4.23. The lowest BCUT2D eigenvalue weighted by molar-refractivity contribution is 0.199. The first-order chi connectivity index (χ1) is 9.70. The molecule has 4 nitrogen and oxygen atoms in total. The minimum Gasteiger partial charge on any atom is -0.387 e. The zero-order valence-electron chi connectivity index (χ0n) is 10.6. The minimum atomic E-state index is -0.866. The van der Waals surface area contributed by atoms with Crippen LogP contribution in [0.5, 0.6) is 0 Å². The van der Waals surface area contributed by atoms with Crippen LogP contribution < -0.4 is 5.32 Å². The van der Waals surface area contributed by atoms with Gasteiger partial charge < -0.3 is 10.4 Å². The maximum atomic E-state index is 13.5. The van der Waals surface area contributed by atoms with Gasteiger partial charge >= 0.3 is 0 Å². The fourth-order valence-corrected chi connectivity index (χ4v) is 3.22. The zero-order chi connectivity index (χ0) is 14.4. The SMILES string of the molecule is C=CCNc1nnc(SCC(O)c2ccccc2F)s1. The zero-order valence-corrected chi connectivity index (χ0v) is 12.3. The van der Waals surface area contributed by atoms with Crippen molar-refractivity contribution in [2.24, 2.45) is 0 Å². The first-order valence-electron chi connectivity index (χ1n) is 5.94. The lowest BCUT2D eigenvalue weighted by atomic mass is 10.1. The van der Waals surface area contributed by atoms with Gasteiger partial charge in [-0.05, 0) is 6.07 Å². The molecule has 0 saturated carbocycles.